The minimum absolute atomic E-state index is 0.0555. The molecule has 0 saturated heterocycles. The highest BCUT2D eigenvalue weighted by Gasteiger charge is 2.07. The Hall–Kier alpha value is -0.790. The van der Waals surface area contributed by atoms with Crippen LogP contribution in [0.1, 0.15) is 5.82 Å². The molecule has 7 heteroatoms. The Kier molecular flexibility index (Phi) is 4.47. The quantitative estimate of drug-likeness (QED) is 0.788. The molecule has 1 aromatic carbocycles. The molecule has 2 rings (SSSR count). The van der Waals surface area contributed by atoms with Crippen molar-refractivity contribution in [1.82, 2.24) is 9.97 Å². The van der Waals surface area contributed by atoms with Crippen LogP contribution in [0.15, 0.2) is 42.9 Å². The second-order valence-electron chi connectivity index (χ2n) is 3.39. The van der Waals surface area contributed by atoms with Gasteiger partial charge in [-0.15, -0.1) is 11.8 Å². The van der Waals surface area contributed by atoms with Crippen LogP contribution in [0, 0.1) is 0 Å². The Morgan fingerprint density at radius 2 is 1.94 bits per heavy atom. The topological polar surface area (TPSA) is 66.0 Å². The minimum atomic E-state index is -0.381. The molecule has 0 fully saturated rings. The zero-order valence-electron chi connectivity index (χ0n) is 8.98. The third-order valence-corrected chi connectivity index (χ3v) is 4.35. The molecule has 94 valence electrons. The van der Waals surface area contributed by atoms with Crippen LogP contribution in [0.25, 0.3) is 0 Å². The standard InChI is InChI=1S/C11H8Br2N2O2S/c12-6-1-3-7(4-2-6)18-5-8-14-10(16)9(13)11(17)15-8/h1-4H,5H2,(H2,14,15,16,17). The number of aromatic amines is 1. The van der Waals surface area contributed by atoms with E-state index in [1.165, 1.54) is 11.8 Å². The lowest BCUT2D eigenvalue weighted by Gasteiger charge is -2.03. The fourth-order valence-electron chi connectivity index (χ4n) is 1.24. The summed E-state index contributed by atoms with van der Waals surface area (Å²) in [6.45, 7) is 0. The molecule has 0 aliphatic carbocycles. The maximum absolute atomic E-state index is 11.4. The SMILES string of the molecule is O=c1[nH]c(CSc2ccc(Br)cc2)nc(O)c1Br. The second-order valence-corrected chi connectivity index (χ2v) is 6.15. The maximum Gasteiger partial charge on any atom is 0.269 e. The average Bonchev–Trinajstić information content (AvgIpc) is 2.35. The monoisotopic (exact) mass is 390 g/mol. The van der Waals surface area contributed by atoms with Gasteiger partial charge in [0.2, 0.25) is 5.88 Å². The molecule has 0 radical (unpaired) electrons. The number of aromatic hydroxyl groups is 1. The number of thioether (sulfide) groups is 1. The lowest BCUT2D eigenvalue weighted by Crippen LogP contribution is -2.11. The average molecular weight is 392 g/mol. The molecule has 1 aromatic heterocycles. The molecule has 0 spiro atoms. The number of hydrogen-bond acceptors (Lipinski definition) is 4. The van der Waals surface area contributed by atoms with Gasteiger partial charge in [0.15, 0.2) is 0 Å². The smallest absolute Gasteiger partial charge is 0.269 e. The molecule has 0 atom stereocenters. The molecule has 1 heterocycles. The Labute approximate surface area is 124 Å². The van der Waals surface area contributed by atoms with E-state index in [-0.39, 0.29) is 15.9 Å². The molecule has 0 bridgehead atoms. The fraction of sp³-hybridized carbons (Fsp3) is 0.0909. The summed E-state index contributed by atoms with van der Waals surface area (Å²) in [5.74, 6) is 0.635. The van der Waals surface area contributed by atoms with Crippen molar-refractivity contribution in [1.29, 1.82) is 0 Å². The molecule has 18 heavy (non-hydrogen) atoms. The third kappa shape index (κ3) is 3.37. The highest BCUT2D eigenvalue weighted by atomic mass is 79.9. The summed E-state index contributed by atoms with van der Waals surface area (Å²) in [5.41, 5.74) is -0.381. The lowest BCUT2D eigenvalue weighted by molar-refractivity contribution is 0.444. The highest BCUT2D eigenvalue weighted by molar-refractivity contribution is 9.10. The summed E-state index contributed by atoms with van der Waals surface area (Å²) in [7, 11) is 0. The Morgan fingerprint density at radius 1 is 1.28 bits per heavy atom. The molecule has 0 aliphatic heterocycles. The summed E-state index contributed by atoms with van der Waals surface area (Å²) in [6, 6.07) is 7.81. The van der Waals surface area contributed by atoms with Gasteiger partial charge in [-0.1, -0.05) is 15.9 Å². The number of nitrogens with one attached hydrogen (secondary N) is 1. The first kappa shape index (κ1) is 13.6. The van der Waals surface area contributed by atoms with Gasteiger partial charge in [0.1, 0.15) is 10.3 Å². The van der Waals surface area contributed by atoms with Crippen LogP contribution in [0.5, 0.6) is 5.88 Å². The number of aromatic nitrogens is 2. The van der Waals surface area contributed by atoms with Crippen molar-refractivity contribution in [3.05, 3.63) is 49.4 Å². The predicted molar refractivity (Wildman–Crippen MR) is 77.9 cm³/mol. The number of halogens is 2. The van der Waals surface area contributed by atoms with Gasteiger partial charge in [0.25, 0.3) is 5.56 Å². The van der Waals surface area contributed by atoms with E-state index in [0.29, 0.717) is 11.6 Å². The van der Waals surface area contributed by atoms with Crippen LogP contribution in [-0.2, 0) is 5.75 Å². The van der Waals surface area contributed by atoms with E-state index in [1.54, 1.807) is 0 Å². The third-order valence-electron chi connectivity index (χ3n) is 2.08. The summed E-state index contributed by atoms with van der Waals surface area (Å²) < 4.78 is 1.07. The number of hydrogen-bond donors (Lipinski definition) is 2. The zero-order chi connectivity index (χ0) is 13.1. The van der Waals surface area contributed by atoms with Gasteiger partial charge in [0.05, 0.1) is 5.75 Å². The molecule has 0 saturated carbocycles. The molecule has 2 aromatic rings. The molecule has 0 amide bonds. The Bertz CT molecular complexity index is 613. The molecular weight excluding hydrogens is 384 g/mol. The van der Waals surface area contributed by atoms with E-state index in [1.807, 2.05) is 24.3 Å². The number of benzene rings is 1. The van der Waals surface area contributed by atoms with Crippen molar-refractivity contribution < 1.29 is 5.11 Å². The molecular formula is C11H8Br2N2O2S. The lowest BCUT2D eigenvalue weighted by atomic mass is 10.4. The zero-order valence-corrected chi connectivity index (χ0v) is 13.0. The number of H-pyrrole nitrogens is 1. The van der Waals surface area contributed by atoms with Crippen LogP contribution >= 0.6 is 43.6 Å². The first-order chi connectivity index (χ1) is 8.56. The molecule has 0 aliphatic rings. The second kappa shape index (κ2) is 5.90. The van der Waals surface area contributed by atoms with Crippen molar-refractivity contribution in [2.75, 3.05) is 0 Å². The number of rotatable bonds is 3. The first-order valence-electron chi connectivity index (χ1n) is 4.92. The van der Waals surface area contributed by atoms with Crippen LogP contribution in [0.2, 0.25) is 0 Å². The molecule has 2 N–H and O–H groups in total. The van der Waals surface area contributed by atoms with Gasteiger partial charge in [0, 0.05) is 9.37 Å². The predicted octanol–water partition coefficient (Wildman–Crippen LogP) is 3.29. The van der Waals surface area contributed by atoms with Crippen LogP contribution in [0.4, 0.5) is 0 Å². The van der Waals surface area contributed by atoms with E-state index in [0.717, 1.165) is 9.37 Å². The largest absolute Gasteiger partial charge is 0.492 e. The minimum Gasteiger partial charge on any atom is -0.492 e. The van der Waals surface area contributed by atoms with E-state index < -0.39 is 0 Å². The van der Waals surface area contributed by atoms with Gasteiger partial charge in [-0.2, -0.15) is 4.98 Å². The summed E-state index contributed by atoms with van der Waals surface area (Å²) >= 11 is 7.84. The Morgan fingerprint density at radius 3 is 2.56 bits per heavy atom. The normalized spacial score (nSPS) is 10.6. The summed E-state index contributed by atoms with van der Waals surface area (Å²) in [5, 5.41) is 9.42. The van der Waals surface area contributed by atoms with Gasteiger partial charge >= 0.3 is 0 Å². The fourth-order valence-corrected chi connectivity index (χ4v) is 2.46. The van der Waals surface area contributed by atoms with E-state index in [4.69, 9.17) is 0 Å². The number of nitrogens with zero attached hydrogens (tertiary/aromatic N) is 1. The van der Waals surface area contributed by atoms with Crippen LogP contribution in [0.3, 0.4) is 0 Å². The summed E-state index contributed by atoms with van der Waals surface area (Å²) in [6.07, 6.45) is 0. The van der Waals surface area contributed by atoms with Crippen molar-refractivity contribution in [2.24, 2.45) is 0 Å². The molecule has 4 nitrogen and oxygen atoms in total. The van der Waals surface area contributed by atoms with Crippen molar-refractivity contribution in [3.63, 3.8) is 0 Å². The summed E-state index contributed by atoms with van der Waals surface area (Å²) in [4.78, 5) is 18.9. The molecule has 0 unspecified atom stereocenters. The van der Waals surface area contributed by atoms with Gasteiger partial charge < -0.3 is 10.1 Å². The van der Waals surface area contributed by atoms with Gasteiger partial charge in [-0.05, 0) is 40.2 Å². The highest BCUT2D eigenvalue weighted by Crippen LogP contribution is 2.24. The van der Waals surface area contributed by atoms with Crippen LogP contribution in [-0.4, -0.2) is 15.1 Å². The van der Waals surface area contributed by atoms with Gasteiger partial charge in [-0.3, -0.25) is 4.79 Å². The van der Waals surface area contributed by atoms with Crippen molar-refractivity contribution >= 4 is 43.6 Å². The van der Waals surface area contributed by atoms with E-state index >= 15 is 0 Å². The van der Waals surface area contributed by atoms with Gasteiger partial charge in [-0.25, -0.2) is 0 Å². The van der Waals surface area contributed by atoms with Crippen molar-refractivity contribution in [2.45, 2.75) is 10.6 Å². The van der Waals surface area contributed by atoms with Crippen LogP contribution < -0.4 is 5.56 Å². The van der Waals surface area contributed by atoms with E-state index in [9.17, 15) is 9.90 Å². The first-order valence-corrected chi connectivity index (χ1v) is 7.49. The van der Waals surface area contributed by atoms with E-state index in [2.05, 4.69) is 41.8 Å². The Balaban J connectivity index is 2.11. The van der Waals surface area contributed by atoms with Crippen molar-refractivity contribution in [3.8, 4) is 5.88 Å². The maximum atomic E-state index is 11.4.